The first-order valence-corrected chi connectivity index (χ1v) is 6.25. The van der Waals surface area contributed by atoms with E-state index in [2.05, 4.69) is 25.6 Å². The van der Waals surface area contributed by atoms with E-state index in [0.29, 0.717) is 12.5 Å². The Balaban J connectivity index is 2.39. The number of thiophene rings is 1. The highest BCUT2D eigenvalue weighted by Gasteiger charge is 2.07. The Bertz CT molecular complexity index is 355. The molecule has 0 unspecified atom stereocenters. The van der Waals surface area contributed by atoms with Crippen molar-refractivity contribution in [2.24, 2.45) is 5.92 Å². The number of carbonyl (C=O) groups is 1. The first-order chi connectivity index (χ1) is 7.61. The largest absolute Gasteiger partial charge is 0.466 e. The van der Waals surface area contributed by atoms with Crippen LogP contribution in [-0.4, -0.2) is 12.6 Å². The first kappa shape index (κ1) is 13.0. The van der Waals surface area contributed by atoms with Crippen molar-refractivity contribution < 1.29 is 9.53 Å². The van der Waals surface area contributed by atoms with Crippen LogP contribution in [0.3, 0.4) is 0 Å². The van der Waals surface area contributed by atoms with E-state index >= 15 is 0 Å². The molecule has 0 aliphatic heterocycles. The van der Waals surface area contributed by atoms with Gasteiger partial charge in [-0.2, -0.15) is 0 Å². The molecule has 0 bridgehead atoms. The van der Waals surface area contributed by atoms with E-state index in [4.69, 9.17) is 4.74 Å². The van der Waals surface area contributed by atoms with E-state index in [1.165, 1.54) is 16.7 Å². The monoisotopic (exact) mass is 238 g/mol. The van der Waals surface area contributed by atoms with Crippen LogP contribution in [0.15, 0.2) is 24.8 Å². The second kappa shape index (κ2) is 6.48. The highest BCUT2D eigenvalue weighted by atomic mass is 32.1. The van der Waals surface area contributed by atoms with E-state index < -0.39 is 0 Å². The first-order valence-electron chi connectivity index (χ1n) is 5.43. The molecule has 0 aliphatic carbocycles. The summed E-state index contributed by atoms with van der Waals surface area (Å²) >= 11 is 1.81. The van der Waals surface area contributed by atoms with Crippen molar-refractivity contribution >= 4 is 17.3 Å². The summed E-state index contributed by atoms with van der Waals surface area (Å²) in [5.74, 6) is 0.171. The van der Waals surface area contributed by atoms with E-state index in [-0.39, 0.29) is 5.97 Å². The molecule has 0 saturated heterocycles. The number of ether oxygens (including phenoxy) is 1. The van der Waals surface area contributed by atoms with Gasteiger partial charge in [0, 0.05) is 16.7 Å². The molecule has 1 aromatic heterocycles. The minimum absolute atomic E-state index is 0.203. The zero-order valence-corrected chi connectivity index (χ0v) is 10.7. The highest BCUT2D eigenvalue weighted by molar-refractivity contribution is 7.12. The van der Waals surface area contributed by atoms with Crippen LogP contribution in [-0.2, 0) is 22.4 Å². The van der Waals surface area contributed by atoms with Crippen LogP contribution in [0.4, 0.5) is 0 Å². The molecule has 88 valence electrons. The van der Waals surface area contributed by atoms with Crippen molar-refractivity contribution in [2.45, 2.75) is 26.7 Å². The van der Waals surface area contributed by atoms with E-state index in [1.807, 2.05) is 17.4 Å². The summed E-state index contributed by atoms with van der Waals surface area (Å²) in [7, 11) is 0. The molecule has 16 heavy (non-hydrogen) atoms. The van der Waals surface area contributed by atoms with Crippen LogP contribution < -0.4 is 0 Å². The van der Waals surface area contributed by atoms with Gasteiger partial charge in [0.15, 0.2) is 0 Å². The molecule has 0 radical (unpaired) electrons. The predicted molar refractivity (Wildman–Crippen MR) is 67.7 cm³/mol. The Morgan fingerprint density at radius 1 is 1.56 bits per heavy atom. The van der Waals surface area contributed by atoms with Crippen molar-refractivity contribution in [3.63, 3.8) is 0 Å². The van der Waals surface area contributed by atoms with Gasteiger partial charge < -0.3 is 4.74 Å². The molecule has 1 atom stereocenters. The van der Waals surface area contributed by atoms with Crippen LogP contribution in [0.25, 0.3) is 0 Å². The Kier molecular flexibility index (Phi) is 5.26. The van der Waals surface area contributed by atoms with Crippen molar-refractivity contribution in [3.8, 4) is 0 Å². The van der Waals surface area contributed by atoms with Gasteiger partial charge in [0.1, 0.15) is 0 Å². The molecule has 3 heteroatoms. The maximum atomic E-state index is 10.7. The highest BCUT2D eigenvalue weighted by Crippen LogP contribution is 2.20. The predicted octanol–water partition coefficient (Wildman–Crippen LogP) is 3.22. The average Bonchev–Trinajstić information content (AvgIpc) is 2.63. The lowest BCUT2D eigenvalue weighted by Gasteiger charge is -2.09. The summed E-state index contributed by atoms with van der Waals surface area (Å²) in [6.07, 6.45) is 3.82. The molecule has 1 rings (SSSR count). The smallest absolute Gasteiger partial charge is 0.302 e. The van der Waals surface area contributed by atoms with E-state index in [9.17, 15) is 4.79 Å². The fourth-order valence-electron chi connectivity index (χ4n) is 1.45. The fraction of sp³-hybridized carbons (Fsp3) is 0.462. The van der Waals surface area contributed by atoms with Gasteiger partial charge >= 0.3 is 5.97 Å². The number of hydrogen-bond acceptors (Lipinski definition) is 3. The average molecular weight is 238 g/mol. The third-order valence-corrected chi connectivity index (χ3v) is 3.31. The number of allylic oxidation sites excluding steroid dienone is 1. The molecule has 0 aromatic carbocycles. The zero-order valence-electron chi connectivity index (χ0n) is 9.86. The fourth-order valence-corrected chi connectivity index (χ4v) is 2.62. The molecule has 0 aliphatic rings. The molecule has 1 heterocycles. The number of esters is 1. The summed E-state index contributed by atoms with van der Waals surface area (Å²) in [5, 5.41) is 0. The number of hydrogen-bond donors (Lipinski definition) is 0. The van der Waals surface area contributed by atoms with E-state index in [0.717, 1.165) is 12.8 Å². The summed E-state index contributed by atoms with van der Waals surface area (Å²) in [5.41, 5.74) is 0. The van der Waals surface area contributed by atoms with Gasteiger partial charge in [-0.3, -0.25) is 4.79 Å². The van der Waals surface area contributed by atoms with Gasteiger partial charge in [-0.1, -0.05) is 13.0 Å². The Hall–Kier alpha value is -1.09. The Labute approximate surface area is 101 Å². The molecule has 0 amide bonds. The van der Waals surface area contributed by atoms with E-state index in [1.54, 1.807) is 0 Å². The summed E-state index contributed by atoms with van der Waals surface area (Å²) < 4.78 is 4.98. The molecule has 0 saturated carbocycles. The Morgan fingerprint density at radius 3 is 2.88 bits per heavy atom. The lowest BCUT2D eigenvalue weighted by Crippen LogP contribution is -2.10. The van der Waals surface area contributed by atoms with Crippen LogP contribution in [0.5, 0.6) is 0 Å². The van der Waals surface area contributed by atoms with Crippen LogP contribution >= 0.6 is 11.3 Å². The normalized spacial score (nSPS) is 12.1. The quantitative estimate of drug-likeness (QED) is 0.562. The van der Waals surface area contributed by atoms with Crippen LogP contribution in [0.2, 0.25) is 0 Å². The van der Waals surface area contributed by atoms with Crippen molar-refractivity contribution in [2.75, 3.05) is 6.61 Å². The third-order valence-electron chi connectivity index (χ3n) is 2.18. The molecular weight excluding hydrogens is 220 g/mol. The second-order valence-electron chi connectivity index (χ2n) is 3.97. The molecule has 0 N–H and O–H groups in total. The van der Waals surface area contributed by atoms with Crippen molar-refractivity contribution in [1.82, 2.24) is 0 Å². The number of carbonyl (C=O) groups excluding carboxylic acids is 1. The zero-order chi connectivity index (χ0) is 12.0. The lowest BCUT2D eigenvalue weighted by molar-refractivity contribution is -0.142. The maximum Gasteiger partial charge on any atom is 0.302 e. The van der Waals surface area contributed by atoms with Crippen LogP contribution in [0, 0.1) is 5.92 Å². The Morgan fingerprint density at radius 2 is 2.25 bits per heavy atom. The minimum Gasteiger partial charge on any atom is -0.466 e. The van der Waals surface area contributed by atoms with Gasteiger partial charge in [-0.05, 0) is 30.9 Å². The summed E-state index contributed by atoms with van der Waals surface area (Å²) in [6.45, 7) is 7.77. The van der Waals surface area contributed by atoms with Crippen molar-refractivity contribution in [3.05, 3.63) is 34.5 Å². The molecular formula is C13H18O2S. The molecule has 0 fully saturated rings. The van der Waals surface area contributed by atoms with Gasteiger partial charge in [0.05, 0.1) is 6.61 Å². The summed E-state index contributed by atoms with van der Waals surface area (Å²) in [6, 6.07) is 4.29. The van der Waals surface area contributed by atoms with Crippen molar-refractivity contribution in [1.29, 1.82) is 0 Å². The van der Waals surface area contributed by atoms with Crippen LogP contribution in [0.1, 0.15) is 23.6 Å². The SMILES string of the molecule is C=CCc1ccc(C[C@H](C)COC(C)=O)s1. The van der Waals surface area contributed by atoms with Gasteiger partial charge in [0.2, 0.25) is 0 Å². The standard InChI is InChI=1S/C13H18O2S/c1-4-5-12-6-7-13(16-12)8-10(2)9-15-11(3)14/h4,6-7,10H,1,5,8-9H2,2-3H3/t10-/m0/s1. The molecule has 1 aromatic rings. The second-order valence-corrected chi connectivity index (χ2v) is 5.23. The summed E-state index contributed by atoms with van der Waals surface area (Å²) in [4.78, 5) is 13.3. The molecule has 0 spiro atoms. The number of rotatable bonds is 6. The third kappa shape index (κ3) is 4.62. The van der Waals surface area contributed by atoms with Gasteiger partial charge in [-0.25, -0.2) is 0 Å². The maximum absolute atomic E-state index is 10.7. The lowest BCUT2D eigenvalue weighted by atomic mass is 10.1. The van der Waals surface area contributed by atoms with Gasteiger partial charge in [-0.15, -0.1) is 17.9 Å². The molecule has 2 nitrogen and oxygen atoms in total. The minimum atomic E-state index is -0.203. The van der Waals surface area contributed by atoms with Gasteiger partial charge in [0.25, 0.3) is 0 Å². The topological polar surface area (TPSA) is 26.3 Å².